The first-order valence-electron chi connectivity index (χ1n) is 9.79. The minimum Gasteiger partial charge on any atom is -0.385 e. The molecule has 2 heterocycles. The minimum absolute atomic E-state index is 0.0498. The van der Waals surface area contributed by atoms with Crippen molar-refractivity contribution in [2.75, 3.05) is 52.0 Å². The third-order valence-electron chi connectivity index (χ3n) is 4.95. The fourth-order valence-electron chi connectivity index (χ4n) is 3.53. The molecule has 0 bridgehead atoms. The Balaban J connectivity index is 1.91. The van der Waals surface area contributed by atoms with E-state index >= 15 is 0 Å². The first-order valence-corrected chi connectivity index (χ1v) is 9.79. The second-order valence-corrected chi connectivity index (χ2v) is 6.97. The van der Waals surface area contributed by atoms with Gasteiger partial charge in [0.15, 0.2) is 0 Å². The Hall–Kier alpha value is -2.38. The van der Waals surface area contributed by atoms with Crippen LogP contribution >= 0.6 is 0 Å². The zero-order chi connectivity index (χ0) is 19.8. The quantitative estimate of drug-likeness (QED) is 0.584. The van der Waals surface area contributed by atoms with Crippen molar-refractivity contribution in [3.63, 3.8) is 0 Å². The number of benzene rings is 1. The average Bonchev–Trinajstić information content (AvgIpc) is 3.38. The maximum Gasteiger partial charge on any atom is 0.248 e. The van der Waals surface area contributed by atoms with Crippen LogP contribution in [-0.4, -0.2) is 63.0 Å². The Labute approximate surface area is 166 Å². The SMILES string of the molecule is COCCCN(Cc1c(-c2ccccc2)noc1N1CCCC1)C(=O)COC. The number of anilines is 1. The largest absolute Gasteiger partial charge is 0.385 e. The number of hydrogen-bond acceptors (Lipinski definition) is 6. The van der Waals surface area contributed by atoms with Crippen molar-refractivity contribution in [2.45, 2.75) is 25.8 Å². The zero-order valence-corrected chi connectivity index (χ0v) is 16.7. The van der Waals surface area contributed by atoms with Gasteiger partial charge >= 0.3 is 0 Å². The van der Waals surface area contributed by atoms with Gasteiger partial charge in [-0.3, -0.25) is 4.79 Å². The summed E-state index contributed by atoms with van der Waals surface area (Å²) in [5, 5.41) is 4.38. The van der Waals surface area contributed by atoms with E-state index in [4.69, 9.17) is 14.0 Å². The minimum atomic E-state index is -0.0498. The highest BCUT2D eigenvalue weighted by atomic mass is 16.5. The number of rotatable bonds is 10. The van der Waals surface area contributed by atoms with Gasteiger partial charge in [-0.1, -0.05) is 35.5 Å². The van der Waals surface area contributed by atoms with Crippen molar-refractivity contribution in [3.8, 4) is 11.3 Å². The van der Waals surface area contributed by atoms with Crippen LogP contribution in [0.25, 0.3) is 11.3 Å². The monoisotopic (exact) mass is 387 g/mol. The maximum atomic E-state index is 12.6. The summed E-state index contributed by atoms with van der Waals surface area (Å²) in [7, 11) is 3.20. The Morgan fingerprint density at radius 1 is 1.18 bits per heavy atom. The van der Waals surface area contributed by atoms with Gasteiger partial charge in [-0.2, -0.15) is 0 Å². The molecule has 0 atom stereocenters. The van der Waals surface area contributed by atoms with Crippen molar-refractivity contribution in [2.24, 2.45) is 0 Å². The van der Waals surface area contributed by atoms with Crippen molar-refractivity contribution >= 4 is 11.8 Å². The van der Waals surface area contributed by atoms with Crippen molar-refractivity contribution in [3.05, 3.63) is 35.9 Å². The van der Waals surface area contributed by atoms with E-state index in [1.54, 1.807) is 12.0 Å². The van der Waals surface area contributed by atoms with Crippen molar-refractivity contribution in [1.29, 1.82) is 0 Å². The molecule has 0 unspecified atom stereocenters. The van der Waals surface area contributed by atoms with E-state index in [9.17, 15) is 4.79 Å². The molecule has 1 aliphatic rings. The molecule has 7 nitrogen and oxygen atoms in total. The lowest BCUT2D eigenvalue weighted by atomic mass is 10.1. The van der Waals surface area contributed by atoms with Gasteiger partial charge in [0.2, 0.25) is 11.8 Å². The van der Waals surface area contributed by atoms with Crippen LogP contribution in [0.4, 0.5) is 5.88 Å². The predicted molar refractivity (Wildman–Crippen MR) is 107 cm³/mol. The van der Waals surface area contributed by atoms with E-state index in [0.29, 0.717) is 19.7 Å². The lowest BCUT2D eigenvalue weighted by molar-refractivity contribution is -0.135. The molecule has 0 spiro atoms. The number of aromatic nitrogens is 1. The van der Waals surface area contributed by atoms with Gasteiger partial charge in [0.1, 0.15) is 12.3 Å². The molecule has 0 radical (unpaired) electrons. The van der Waals surface area contributed by atoms with Gasteiger partial charge in [0, 0.05) is 46.0 Å². The van der Waals surface area contributed by atoms with Gasteiger partial charge < -0.3 is 23.8 Å². The standard InChI is InChI=1S/C21H29N3O4/c1-26-14-8-13-24(19(25)16-27-2)15-18-20(17-9-4-3-5-10-17)22-28-21(18)23-11-6-7-12-23/h3-5,9-10H,6-8,11-16H2,1-2H3. The van der Waals surface area contributed by atoms with Crippen LogP contribution in [0, 0.1) is 0 Å². The first kappa shape index (κ1) is 20.4. The van der Waals surface area contributed by atoms with E-state index in [1.807, 2.05) is 30.3 Å². The Morgan fingerprint density at radius 3 is 2.61 bits per heavy atom. The average molecular weight is 387 g/mol. The van der Waals surface area contributed by atoms with Crippen LogP contribution in [0.3, 0.4) is 0 Å². The van der Waals surface area contributed by atoms with Crippen LogP contribution in [-0.2, 0) is 20.8 Å². The highest BCUT2D eigenvalue weighted by molar-refractivity contribution is 5.78. The summed E-state index contributed by atoms with van der Waals surface area (Å²) >= 11 is 0. The summed E-state index contributed by atoms with van der Waals surface area (Å²) in [6.45, 7) is 3.58. The molecule has 1 aromatic carbocycles. The van der Waals surface area contributed by atoms with Crippen LogP contribution in [0.2, 0.25) is 0 Å². The number of methoxy groups -OCH3 is 2. The number of carbonyl (C=O) groups is 1. The number of amides is 1. The van der Waals surface area contributed by atoms with Crippen LogP contribution in [0.1, 0.15) is 24.8 Å². The second-order valence-electron chi connectivity index (χ2n) is 6.97. The van der Waals surface area contributed by atoms with Crippen LogP contribution < -0.4 is 4.90 Å². The third-order valence-corrected chi connectivity index (χ3v) is 4.95. The topological polar surface area (TPSA) is 68.0 Å². The maximum absolute atomic E-state index is 12.6. The van der Waals surface area contributed by atoms with Crippen LogP contribution in [0.5, 0.6) is 0 Å². The van der Waals surface area contributed by atoms with E-state index in [1.165, 1.54) is 7.11 Å². The van der Waals surface area contributed by atoms with E-state index in [0.717, 1.165) is 55.1 Å². The summed E-state index contributed by atoms with van der Waals surface area (Å²) in [4.78, 5) is 16.7. The van der Waals surface area contributed by atoms with Crippen molar-refractivity contribution < 1.29 is 18.8 Å². The molecule has 0 saturated carbocycles. The van der Waals surface area contributed by atoms with Crippen molar-refractivity contribution in [1.82, 2.24) is 10.1 Å². The summed E-state index contributed by atoms with van der Waals surface area (Å²) in [5.41, 5.74) is 2.74. The van der Waals surface area contributed by atoms with Gasteiger partial charge in [0.05, 0.1) is 12.1 Å². The number of hydrogen-bond donors (Lipinski definition) is 0. The van der Waals surface area contributed by atoms with Gasteiger partial charge in [-0.15, -0.1) is 0 Å². The second kappa shape index (κ2) is 10.2. The molecule has 28 heavy (non-hydrogen) atoms. The number of ether oxygens (including phenoxy) is 2. The highest BCUT2D eigenvalue weighted by Crippen LogP contribution is 2.34. The molecular formula is C21H29N3O4. The Bertz CT molecular complexity index is 741. The van der Waals surface area contributed by atoms with E-state index in [2.05, 4.69) is 10.1 Å². The Morgan fingerprint density at radius 2 is 1.93 bits per heavy atom. The predicted octanol–water partition coefficient (Wildman–Crippen LogP) is 2.95. The molecule has 152 valence electrons. The normalized spacial score (nSPS) is 13.9. The summed E-state index contributed by atoms with van der Waals surface area (Å²) in [6, 6.07) is 9.97. The van der Waals surface area contributed by atoms with Gasteiger partial charge in [0.25, 0.3) is 0 Å². The molecule has 1 saturated heterocycles. The molecule has 7 heteroatoms. The fourth-order valence-corrected chi connectivity index (χ4v) is 3.53. The number of nitrogens with zero attached hydrogens (tertiary/aromatic N) is 3. The first-order chi connectivity index (χ1) is 13.7. The smallest absolute Gasteiger partial charge is 0.248 e. The molecule has 0 aliphatic carbocycles. The van der Waals surface area contributed by atoms with E-state index in [-0.39, 0.29) is 12.5 Å². The third kappa shape index (κ3) is 4.91. The fraction of sp³-hybridized carbons (Fsp3) is 0.524. The van der Waals surface area contributed by atoms with Gasteiger partial charge in [-0.05, 0) is 19.3 Å². The lowest BCUT2D eigenvalue weighted by Crippen LogP contribution is -2.35. The summed E-state index contributed by atoms with van der Waals surface area (Å²) in [6.07, 6.45) is 3.04. The Kier molecular flexibility index (Phi) is 7.45. The molecule has 3 rings (SSSR count). The molecule has 0 N–H and O–H groups in total. The summed E-state index contributed by atoms with van der Waals surface area (Å²) < 4.78 is 16.0. The molecule has 1 amide bonds. The van der Waals surface area contributed by atoms with E-state index < -0.39 is 0 Å². The molecule has 1 fully saturated rings. The summed E-state index contributed by atoms with van der Waals surface area (Å²) in [5.74, 6) is 0.726. The van der Waals surface area contributed by atoms with Crippen LogP contribution in [0.15, 0.2) is 34.9 Å². The lowest BCUT2D eigenvalue weighted by Gasteiger charge is -2.24. The molecule has 2 aromatic rings. The molecule has 1 aromatic heterocycles. The highest BCUT2D eigenvalue weighted by Gasteiger charge is 2.27. The molecule has 1 aliphatic heterocycles. The molecular weight excluding hydrogens is 358 g/mol. The zero-order valence-electron chi connectivity index (χ0n) is 16.7. The van der Waals surface area contributed by atoms with Gasteiger partial charge in [-0.25, -0.2) is 0 Å². The number of carbonyl (C=O) groups excluding carboxylic acids is 1.